The molecule has 0 bridgehead atoms. The SMILES string of the molecule is CCCCOC(CI)c1cccc(Cl)c1. The summed E-state index contributed by atoms with van der Waals surface area (Å²) in [6.45, 7) is 3.00. The van der Waals surface area contributed by atoms with E-state index in [0.717, 1.165) is 22.5 Å². The van der Waals surface area contributed by atoms with Gasteiger partial charge in [0.2, 0.25) is 0 Å². The molecule has 0 spiro atoms. The van der Waals surface area contributed by atoms with Gasteiger partial charge >= 0.3 is 0 Å². The van der Waals surface area contributed by atoms with Crippen LogP contribution in [-0.4, -0.2) is 11.0 Å². The average Bonchev–Trinajstić information content (AvgIpc) is 2.24. The van der Waals surface area contributed by atoms with Crippen molar-refractivity contribution in [3.05, 3.63) is 34.9 Å². The lowest BCUT2D eigenvalue weighted by Crippen LogP contribution is -2.06. The van der Waals surface area contributed by atoms with E-state index in [9.17, 15) is 0 Å². The minimum absolute atomic E-state index is 0.177. The van der Waals surface area contributed by atoms with Crippen molar-refractivity contribution < 1.29 is 4.74 Å². The molecule has 0 heterocycles. The Balaban J connectivity index is 2.57. The van der Waals surface area contributed by atoms with Crippen molar-refractivity contribution in [1.82, 2.24) is 0 Å². The highest BCUT2D eigenvalue weighted by atomic mass is 127. The molecule has 0 aliphatic carbocycles. The van der Waals surface area contributed by atoms with Gasteiger partial charge in [0, 0.05) is 16.1 Å². The summed E-state index contributed by atoms with van der Waals surface area (Å²) in [4.78, 5) is 0. The van der Waals surface area contributed by atoms with Gasteiger partial charge in [0.15, 0.2) is 0 Å². The summed E-state index contributed by atoms with van der Waals surface area (Å²) in [5, 5.41) is 0.779. The smallest absolute Gasteiger partial charge is 0.0914 e. The highest BCUT2D eigenvalue weighted by molar-refractivity contribution is 14.1. The minimum Gasteiger partial charge on any atom is -0.373 e. The van der Waals surface area contributed by atoms with Gasteiger partial charge in [-0.15, -0.1) is 0 Å². The van der Waals surface area contributed by atoms with Crippen LogP contribution in [0.2, 0.25) is 5.02 Å². The van der Waals surface area contributed by atoms with Crippen LogP contribution in [0.25, 0.3) is 0 Å². The fraction of sp³-hybridized carbons (Fsp3) is 0.500. The molecule has 1 unspecified atom stereocenters. The van der Waals surface area contributed by atoms with Gasteiger partial charge < -0.3 is 4.74 Å². The molecule has 1 nitrogen and oxygen atoms in total. The first-order valence-corrected chi connectivity index (χ1v) is 7.11. The molecule has 15 heavy (non-hydrogen) atoms. The van der Waals surface area contributed by atoms with Crippen molar-refractivity contribution in [2.75, 3.05) is 11.0 Å². The number of ether oxygens (including phenoxy) is 1. The topological polar surface area (TPSA) is 9.23 Å². The molecule has 0 radical (unpaired) electrons. The lowest BCUT2D eigenvalue weighted by molar-refractivity contribution is 0.0689. The summed E-state index contributed by atoms with van der Waals surface area (Å²) in [7, 11) is 0. The normalized spacial score (nSPS) is 12.7. The van der Waals surface area contributed by atoms with E-state index < -0.39 is 0 Å². The Kier molecular flexibility index (Phi) is 6.61. The number of unbranched alkanes of at least 4 members (excludes halogenated alkanes) is 1. The average molecular weight is 339 g/mol. The minimum atomic E-state index is 0.177. The van der Waals surface area contributed by atoms with Crippen molar-refractivity contribution >= 4 is 34.2 Å². The van der Waals surface area contributed by atoms with Gasteiger partial charge in [-0.1, -0.05) is 59.7 Å². The molecule has 0 aromatic heterocycles. The van der Waals surface area contributed by atoms with Crippen LogP contribution in [0.5, 0.6) is 0 Å². The predicted octanol–water partition coefficient (Wildman–Crippen LogP) is 4.63. The van der Waals surface area contributed by atoms with Crippen molar-refractivity contribution in [2.24, 2.45) is 0 Å². The maximum atomic E-state index is 5.95. The van der Waals surface area contributed by atoms with Crippen LogP contribution < -0.4 is 0 Å². The molecule has 1 aromatic carbocycles. The first kappa shape index (κ1) is 13.3. The largest absolute Gasteiger partial charge is 0.373 e. The number of alkyl halides is 1. The van der Waals surface area contributed by atoms with Crippen LogP contribution in [0.1, 0.15) is 31.4 Å². The first-order chi connectivity index (χ1) is 7.27. The molecular weight excluding hydrogens is 322 g/mol. The molecule has 0 N–H and O–H groups in total. The number of benzene rings is 1. The first-order valence-electron chi connectivity index (χ1n) is 5.21. The van der Waals surface area contributed by atoms with E-state index in [1.165, 1.54) is 12.0 Å². The maximum Gasteiger partial charge on any atom is 0.0914 e. The fourth-order valence-corrected chi connectivity index (χ4v) is 2.27. The second-order valence-corrected chi connectivity index (χ2v) is 4.74. The molecule has 0 saturated carbocycles. The van der Waals surface area contributed by atoms with Gasteiger partial charge in [0.05, 0.1) is 6.10 Å². The van der Waals surface area contributed by atoms with Gasteiger partial charge in [-0.2, -0.15) is 0 Å². The Morgan fingerprint density at radius 2 is 2.27 bits per heavy atom. The fourth-order valence-electron chi connectivity index (χ4n) is 1.31. The van der Waals surface area contributed by atoms with E-state index in [2.05, 4.69) is 35.6 Å². The Hall–Kier alpha value is 0.200. The number of hydrogen-bond acceptors (Lipinski definition) is 1. The quantitative estimate of drug-likeness (QED) is 0.417. The summed E-state index contributed by atoms with van der Waals surface area (Å²) in [5.74, 6) is 0. The Morgan fingerprint density at radius 1 is 1.47 bits per heavy atom. The lowest BCUT2D eigenvalue weighted by atomic mass is 10.1. The van der Waals surface area contributed by atoms with Gasteiger partial charge in [-0.3, -0.25) is 0 Å². The molecule has 0 saturated heterocycles. The standard InChI is InChI=1S/C12H16ClIO/c1-2-3-7-15-12(9-14)10-5-4-6-11(13)8-10/h4-6,8,12H,2-3,7,9H2,1H3. The number of rotatable bonds is 6. The van der Waals surface area contributed by atoms with E-state index in [0.29, 0.717) is 0 Å². The van der Waals surface area contributed by atoms with Crippen molar-refractivity contribution in [3.63, 3.8) is 0 Å². The van der Waals surface area contributed by atoms with E-state index in [1.54, 1.807) is 0 Å². The molecule has 0 aliphatic heterocycles. The van der Waals surface area contributed by atoms with Crippen LogP contribution >= 0.6 is 34.2 Å². The van der Waals surface area contributed by atoms with Crippen LogP contribution in [0.15, 0.2) is 24.3 Å². The second kappa shape index (κ2) is 7.47. The zero-order valence-corrected chi connectivity index (χ0v) is 11.8. The number of halogens is 2. The highest BCUT2D eigenvalue weighted by Crippen LogP contribution is 2.23. The summed E-state index contributed by atoms with van der Waals surface area (Å²) in [6, 6.07) is 7.92. The van der Waals surface area contributed by atoms with Gasteiger partial charge in [0.25, 0.3) is 0 Å². The molecule has 1 aromatic rings. The van der Waals surface area contributed by atoms with Gasteiger partial charge in [-0.25, -0.2) is 0 Å². The lowest BCUT2D eigenvalue weighted by Gasteiger charge is -2.15. The van der Waals surface area contributed by atoms with Crippen LogP contribution in [0.3, 0.4) is 0 Å². The number of hydrogen-bond donors (Lipinski definition) is 0. The maximum absolute atomic E-state index is 5.95. The van der Waals surface area contributed by atoms with E-state index in [-0.39, 0.29) is 6.10 Å². The van der Waals surface area contributed by atoms with Crippen LogP contribution in [0.4, 0.5) is 0 Å². The molecular formula is C12H16ClIO. The summed E-state index contributed by atoms with van der Waals surface area (Å²) in [6.07, 6.45) is 2.47. The van der Waals surface area contributed by atoms with Gasteiger partial charge in [0.1, 0.15) is 0 Å². The summed E-state index contributed by atoms with van der Waals surface area (Å²) >= 11 is 8.30. The van der Waals surface area contributed by atoms with Crippen molar-refractivity contribution in [2.45, 2.75) is 25.9 Å². The van der Waals surface area contributed by atoms with Crippen LogP contribution in [0, 0.1) is 0 Å². The zero-order chi connectivity index (χ0) is 11.1. The molecule has 84 valence electrons. The monoisotopic (exact) mass is 338 g/mol. The molecule has 0 fully saturated rings. The third kappa shape index (κ3) is 4.70. The molecule has 0 aliphatic rings. The molecule has 1 atom stereocenters. The predicted molar refractivity (Wildman–Crippen MR) is 73.9 cm³/mol. The summed E-state index contributed by atoms with van der Waals surface area (Å²) < 4.78 is 6.77. The highest BCUT2D eigenvalue weighted by Gasteiger charge is 2.10. The van der Waals surface area contributed by atoms with E-state index in [4.69, 9.17) is 16.3 Å². The van der Waals surface area contributed by atoms with Gasteiger partial charge in [-0.05, 0) is 24.1 Å². The Bertz CT molecular complexity index is 291. The van der Waals surface area contributed by atoms with E-state index in [1.807, 2.05) is 18.2 Å². The second-order valence-electron chi connectivity index (χ2n) is 3.42. The molecule has 0 amide bonds. The zero-order valence-electron chi connectivity index (χ0n) is 8.88. The third-order valence-corrected chi connectivity index (χ3v) is 3.21. The van der Waals surface area contributed by atoms with Crippen LogP contribution in [-0.2, 0) is 4.74 Å². The van der Waals surface area contributed by atoms with E-state index >= 15 is 0 Å². The Labute approximate surface area is 110 Å². The summed E-state index contributed by atoms with van der Waals surface area (Å²) in [5.41, 5.74) is 1.17. The Morgan fingerprint density at radius 3 is 2.87 bits per heavy atom. The molecule has 1 rings (SSSR count). The van der Waals surface area contributed by atoms with Crippen molar-refractivity contribution in [1.29, 1.82) is 0 Å². The molecule has 3 heteroatoms. The third-order valence-electron chi connectivity index (χ3n) is 2.18. The van der Waals surface area contributed by atoms with Crippen molar-refractivity contribution in [3.8, 4) is 0 Å².